The van der Waals surface area contributed by atoms with Crippen LogP contribution >= 0.6 is 31.9 Å². The summed E-state index contributed by atoms with van der Waals surface area (Å²) in [5, 5.41) is 0. The van der Waals surface area contributed by atoms with Gasteiger partial charge in [0.05, 0.1) is 4.83 Å². The van der Waals surface area contributed by atoms with E-state index in [0.29, 0.717) is 17.9 Å². The third kappa shape index (κ3) is 3.23. The van der Waals surface area contributed by atoms with Crippen molar-refractivity contribution in [3.05, 3.63) is 22.2 Å². The van der Waals surface area contributed by atoms with Crippen LogP contribution in [0.25, 0.3) is 0 Å². The smallest absolute Gasteiger partial charge is 0.306 e. The fraction of sp³-hybridized carbons (Fsp3) is 0.462. The summed E-state index contributed by atoms with van der Waals surface area (Å²) in [5.41, 5.74) is 0.857. The zero-order valence-electron chi connectivity index (χ0n) is 10.6. The van der Waals surface area contributed by atoms with E-state index in [1.807, 2.05) is 19.1 Å². The summed E-state index contributed by atoms with van der Waals surface area (Å²) in [4.78, 5) is 11.5. The van der Waals surface area contributed by atoms with Crippen LogP contribution in [0, 0.1) is 0 Å². The maximum atomic E-state index is 11.5. The van der Waals surface area contributed by atoms with Gasteiger partial charge in [0.25, 0.3) is 0 Å². The van der Waals surface area contributed by atoms with Crippen LogP contribution in [0.15, 0.2) is 16.6 Å². The molecule has 104 valence electrons. The molecule has 0 N–H and O–H groups in total. The fourth-order valence-corrected chi connectivity index (χ4v) is 2.72. The molecule has 0 saturated carbocycles. The van der Waals surface area contributed by atoms with Gasteiger partial charge >= 0.3 is 5.97 Å². The van der Waals surface area contributed by atoms with E-state index in [-0.39, 0.29) is 23.7 Å². The Morgan fingerprint density at radius 2 is 2.05 bits per heavy atom. The molecule has 0 spiro atoms. The lowest BCUT2D eigenvalue weighted by Gasteiger charge is -2.22. The van der Waals surface area contributed by atoms with Gasteiger partial charge in [-0.3, -0.25) is 4.79 Å². The summed E-state index contributed by atoms with van der Waals surface area (Å²) in [5.74, 6) is 1.13. The molecule has 1 aromatic carbocycles. The second-order valence-corrected chi connectivity index (χ2v) is 6.47. The first-order chi connectivity index (χ1) is 9.02. The van der Waals surface area contributed by atoms with Crippen molar-refractivity contribution in [3.8, 4) is 11.5 Å². The highest BCUT2D eigenvalue weighted by atomic mass is 79.9. The van der Waals surface area contributed by atoms with Crippen molar-refractivity contribution in [2.24, 2.45) is 0 Å². The average molecular weight is 394 g/mol. The Morgan fingerprint density at radius 3 is 2.63 bits per heavy atom. The third-order valence-electron chi connectivity index (χ3n) is 2.76. The molecule has 1 aliphatic heterocycles. The largest absolute Gasteiger partial charge is 0.456 e. The Kier molecular flexibility index (Phi) is 4.73. The Morgan fingerprint density at radius 1 is 1.42 bits per heavy atom. The molecule has 0 amide bonds. The second-order valence-electron chi connectivity index (χ2n) is 4.17. The van der Waals surface area contributed by atoms with Gasteiger partial charge in [0.2, 0.25) is 6.79 Å². The van der Waals surface area contributed by atoms with Crippen molar-refractivity contribution in [1.82, 2.24) is 0 Å². The first-order valence-electron chi connectivity index (χ1n) is 5.95. The molecule has 1 heterocycles. The van der Waals surface area contributed by atoms with Crippen LogP contribution in [-0.2, 0) is 9.53 Å². The molecule has 2 atom stereocenters. The maximum absolute atomic E-state index is 11.5. The third-order valence-corrected chi connectivity index (χ3v) is 3.93. The quantitative estimate of drug-likeness (QED) is 0.573. The van der Waals surface area contributed by atoms with E-state index >= 15 is 0 Å². The highest BCUT2D eigenvalue weighted by Crippen LogP contribution is 2.41. The van der Waals surface area contributed by atoms with Gasteiger partial charge in [0.1, 0.15) is 6.10 Å². The predicted molar refractivity (Wildman–Crippen MR) is 77.8 cm³/mol. The Balaban J connectivity index is 2.34. The summed E-state index contributed by atoms with van der Waals surface area (Å²) < 4.78 is 17.0. The van der Waals surface area contributed by atoms with Crippen LogP contribution in [0.3, 0.4) is 0 Å². The number of benzene rings is 1. The molecule has 2 rings (SSSR count). The number of fused-ring (bicyclic) bond motifs is 1. The first-order valence-corrected chi connectivity index (χ1v) is 7.66. The molecule has 1 aliphatic rings. The highest BCUT2D eigenvalue weighted by molar-refractivity contribution is 9.10. The van der Waals surface area contributed by atoms with Gasteiger partial charge in [0, 0.05) is 16.5 Å². The number of hydrogen-bond acceptors (Lipinski definition) is 4. The van der Waals surface area contributed by atoms with Gasteiger partial charge in [-0.25, -0.2) is 0 Å². The van der Waals surface area contributed by atoms with E-state index in [1.54, 1.807) is 6.92 Å². The topological polar surface area (TPSA) is 44.8 Å². The number of carbonyl (C=O) groups is 1. The zero-order chi connectivity index (χ0) is 14.0. The SMILES string of the molecule is CCC(=O)O[C@H](c1cc2c(cc1Br)OCO2)[C@@H](C)Br. The maximum Gasteiger partial charge on any atom is 0.306 e. The van der Waals surface area contributed by atoms with Crippen molar-refractivity contribution in [2.45, 2.75) is 31.2 Å². The zero-order valence-corrected chi connectivity index (χ0v) is 13.8. The van der Waals surface area contributed by atoms with Crippen molar-refractivity contribution in [2.75, 3.05) is 6.79 Å². The van der Waals surface area contributed by atoms with E-state index in [1.165, 1.54) is 0 Å². The second kappa shape index (κ2) is 6.13. The lowest BCUT2D eigenvalue weighted by molar-refractivity contribution is -0.148. The molecular weight excluding hydrogens is 380 g/mol. The number of esters is 1. The van der Waals surface area contributed by atoms with E-state index in [9.17, 15) is 4.79 Å². The lowest BCUT2D eigenvalue weighted by atomic mass is 10.1. The van der Waals surface area contributed by atoms with Crippen molar-refractivity contribution in [3.63, 3.8) is 0 Å². The van der Waals surface area contributed by atoms with E-state index < -0.39 is 0 Å². The van der Waals surface area contributed by atoms with Crippen LogP contribution in [0.4, 0.5) is 0 Å². The number of ether oxygens (including phenoxy) is 3. The van der Waals surface area contributed by atoms with Crippen molar-refractivity contribution < 1.29 is 19.0 Å². The Bertz CT molecular complexity index is 488. The molecular formula is C13H14Br2O4. The van der Waals surface area contributed by atoms with E-state index in [2.05, 4.69) is 31.9 Å². The minimum Gasteiger partial charge on any atom is -0.456 e. The minimum absolute atomic E-state index is 0.0142. The van der Waals surface area contributed by atoms with Gasteiger partial charge in [0.15, 0.2) is 11.5 Å². The molecule has 19 heavy (non-hydrogen) atoms. The predicted octanol–water partition coefficient (Wildman–Crippen LogP) is 3.96. The monoisotopic (exact) mass is 392 g/mol. The van der Waals surface area contributed by atoms with Gasteiger partial charge < -0.3 is 14.2 Å². The van der Waals surface area contributed by atoms with Crippen LogP contribution in [0.2, 0.25) is 0 Å². The molecule has 0 saturated heterocycles. The molecule has 0 unspecified atom stereocenters. The fourth-order valence-electron chi connectivity index (χ4n) is 1.78. The van der Waals surface area contributed by atoms with Gasteiger partial charge in [-0.05, 0) is 19.1 Å². The summed E-state index contributed by atoms with van der Waals surface area (Å²) >= 11 is 6.96. The lowest BCUT2D eigenvalue weighted by Crippen LogP contribution is -2.17. The van der Waals surface area contributed by atoms with E-state index in [0.717, 1.165) is 10.0 Å². The average Bonchev–Trinajstić information content (AvgIpc) is 2.81. The highest BCUT2D eigenvalue weighted by Gasteiger charge is 2.26. The van der Waals surface area contributed by atoms with Crippen LogP contribution in [0.5, 0.6) is 11.5 Å². The summed E-state index contributed by atoms with van der Waals surface area (Å²) in [6, 6.07) is 3.68. The van der Waals surface area contributed by atoms with Crippen LogP contribution < -0.4 is 9.47 Å². The standard InChI is InChI=1S/C13H14Br2O4/c1-3-12(16)19-13(7(2)14)8-4-10-11(5-9(8)15)18-6-17-10/h4-5,7,13H,3,6H2,1-2H3/t7-,13+/m1/s1. The number of hydrogen-bond donors (Lipinski definition) is 0. The number of carbonyl (C=O) groups excluding carboxylic acids is 1. The van der Waals surface area contributed by atoms with Gasteiger partial charge in [-0.1, -0.05) is 38.8 Å². The molecule has 0 bridgehead atoms. The van der Waals surface area contributed by atoms with Crippen molar-refractivity contribution in [1.29, 1.82) is 0 Å². The normalized spacial score (nSPS) is 16.0. The van der Waals surface area contributed by atoms with Crippen LogP contribution in [-0.4, -0.2) is 17.6 Å². The summed E-state index contributed by atoms with van der Waals surface area (Å²) in [7, 11) is 0. The molecule has 0 fully saturated rings. The number of rotatable bonds is 4. The Hall–Kier alpha value is -0.750. The minimum atomic E-state index is -0.378. The van der Waals surface area contributed by atoms with Crippen molar-refractivity contribution >= 4 is 37.8 Å². The molecule has 0 aromatic heterocycles. The molecule has 0 aliphatic carbocycles. The van der Waals surface area contributed by atoms with Gasteiger partial charge in [-0.15, -0.1) is 0 Å². The molecule has 0 radical (unpaired) electrons. The Labute approximate surface area is 128 Å². The van der Waals surface area contributed by atoms with E-state index in [4.69, 9.17) is 14.2 Å². The van der Waals surface area contributed by atoms with Crippen LogP contribution in [0.1, 0.15) is 31.9 Å². The number of halogens is 2. The number of alkyl halides is 1. The first kappa shape index (κ1) is 14.7. The molecule has 1 aromatic rings. The summed E-state index contributed by atoms with van der Waals surface area (Å²) in [6.45, 7) is 3.92. The summed E-state index contributed by atoms with van der Waals surface area (Å²) in [6.07, 6.45) is -0.0328. The molecule has 6 heteroatoms. The molecule has 4 nitrogen and oxygen atoms in total. The van der Waals surface area contributed by atoms with Gasteiger partial charge in [-0.2, -0.15) is 0 Å².